The van der Waals surface area contributed by atoms with Crippen LogP contribution in [0.15, 0.2) is 76.1 Å². The highest BCUT2D eigenvalue weighted by Crippen LogP contribution is 2.31. The molecular formula is C25H25N3O4S. The molecule has 0 unspecified atom stereocenters. The van der Waals surface area contributed by atoms with Gasteiger partial charge in [0.25, 0.3) is 5.56 Å². The monoisotopic (exact) mass is 463 g/mol. The minimum Gasteiger partial charge on any atom is -0.493 e. The molecule has 0 amide bonds. The van der Waals surface area contributed by atoms with Crippen LogP contribution in [-0.4, -0.2) is 29.2 Å². The number of fused-ring (bicyclic) bond motifs is 1. The summed E-state index contributed by atoms with van der Waals surface area (Å²) in [6.45, 7) is 1.32. The number of ether oxygens (including phenoxy) is 2. The summed E-state index contributed by atoms with van der Waals surface area (Å²) < 4.78 is 16.3. The molecule has 7 nitrogen and oxygen atoms in total. The van der Waals surface area contributed by atoms with Gasteiger partial charge in [0.05, 0.1) is 39.1 Å². The Bertz CT molecular complexity index is 1290. The van der Waals surface area contributed by atoms with Gasteiger partial charge in [-0.05, 0) is 42.0 Å². The van der Waals surface area contributed by atoms with E-state index in [1.165, 1.54) is 0 Å². The van der Waals surface area contributed by atoms with E-state index >= 15 is 0 Å². The Labute approximate surface area is 196 Å². The lowest BCUT2D eigenvalue weighted by Gasteiger charge is -2.25. The van der Waals surface area contributed by atoms with Crippen molar-refractivity contribution >= 4 is 28.2 Å². The minimum absolute atomic E-state index is 0.190. The lowest BCUT2D eigenvalue weighted by Crippen LogP contribution is -2.39. The first-order valence-electron chi connectivity index (χ1n) is 10.4. The number of pyridine rings is 1. The molecule has 2 aromatic heterocycles. The molecule has 8 heteroatoms. The average Bonchev–Trinajstić information content (AvgIpc) is 3.35. The number of nitrogens with one attached hydrogen (secondary N) is 2. The molecule has 0 aliphatic rings. The van der Waals surface area contributed by atoms with E-state index in [0.717, 1.165) is 16.7 Å². The number of aromatic amines is 1. The number of rotatable bonds is 8. The maximum atomic E-state index is 12.9. The number of thiocarbonyl (C=S) groups is 1. The van der Waals surface area contributed by atoms with Gasteiger partial charge in [-0.1, -0.05) is 30.3 Å². The van der Waals surface area contributed by atoms with Crippen LogP contribution in [0.1, 0.15) is 16.9 Å². The van der Waals surface area contributed by atoms with Crippen LogP contribution in [0, 0.1) is 0 Å². The van der Waals surface area contributed by atoms with Gasteiger partial charge in [-0.3, -0.25) is 4.79 Å². The van der Waals surface area contributed by atoms with E-state index in [1.54, 1.807) is 26.5 Å². The van der Waals surface area contributed by atoms with Gasteiger partial charge in [-0.15, -0.1) is 0 Å². The largest absolute Gasteiger partial charge is 0.493 e. The average molecular weight is 464 g/mol. The van der Waals surface area contributed by atoms with Gasteiger partial charge in [-0.25, -0.2) is 0 Å². The van der Waals surface area contributed by atoms with Crippen molar-refractivity contribution in [2.24, 2.45) is 0 Å². The number of methoxy groups -OCH3 is 2. The Morgan fingerprint density at radius 3 is 2.48 bits per heavy atom. The summed E-state index contributed by atoms with van der Waals surface area (Å²) in [5.41, 5.74) is 2.17. The van der Waals surface area contributed by atoms with Crippen molar-refractivity contribution in [2.45, 2.75) is 19.6 Å². The summed E-state index contributed by atoms with van der Waals surface area (Å²) in [6, 6.07) is 19.2. The third-order valence-electron chi connectivity index (χ3n) is 5.29. The van der Waals surface area contributed by atoms with Gasteiger partial charge >= 0.3 is 0 Å². The molecule has 0 saturated heterocycles. The maximum absolute atomic E-state index is 12.9. The Morgan fingerprint density at radius 1 is 1.03 bits per heavy atom. The lowest BCUT2D eigenvalue weighted by molar-refractivity contribution is 0.350. The zero-order chi connectivity index (χ0) is 23.2. The van der Waals surface area contributed by atoms with Crippen molar-refractivity contribution in [2.75, 3.05) is 14.2 Å². The van der Waals surface area contributed by atoms with Crippen molar-refractivity contribution in [3.8, 4) is 11.5 Å². The molecule has 0 aliphatic heterocycles. The van der Waals surface area contributed by atoms with E-state index in [2.05, 4.69) is 10.3 Å². The van der Waals surface area contributed by atoms with E-state index < -0.39 is 0 Å². The zero-order valence-corrected chi connectivity index (χ0v) is 19.3. The third kappa shape index (κ3) is 5.35. The minimum atomic E-state index is -0.190. The van der Waals surface area contributed by atoms with Crippen molar-refractivity contribution in [1.29, 1.82) is 0 Å². The first kappa shape index (κ1) is 22.4. The summed E-state index contributed by atoms with van der Waals surface area (Å²) in [5.74, 6) is 1.90. The quantitative estimate of drug-likeness (QED) is 0.379. The van der Waals surface area contributed by atoms with Crippen LogP contribution in [0.4, 0.5) is 0 Å². The molecule has 170 valence electrons. The Hall–Kier alpha value is -3.78. The second kappa shape index (κ2) is 10.2. The molecule has 4 rings (SSSR count). The van der Waals surface area contributed by atoms with Crippen LogP contribution in [-0.2, 0) is 19.6 Å². The highest BCUT2D eigenvalue weighted by atomic mass is 32.1. The molecule has 0 radical (unpaired) electrons. The van der Waals surface area contributed by atoms with Crippen molar-refractivity contribution in [3.05, 3.63) is 94.2 Å². The van der Waals surface area contributed by atoms with E-state index in [4.69, 9.17) is 26.1 Å². The number of furan rings is 1. The second-order valence-electron chi connectivity index (χ2n) is 7.50. The summed E-state index contributed by atoms with van der Waals surface area (Å²) >= 11 is 5.68. The number of hydrogen-bond acceptors (Lipinski definition) is 5. The van der Waals surface area contributed by atoms with Gasteiger partial charge in [0, 0.05) is 23.6 Å². The van der Waals surface area contributed by atoms with Gasteiger partial charge in [-0.2, -0.15) is 0 Å². The fourth-order valence-electron chi connectivity index (χ4n) is 3.58. The van der Waals surface area contributed by atoms with Crippen LogP contribution >= 0.6 is 12.2 Å². The highest BCUT2D eigenvalue weighted by Gasteiger charge is 2.16. The first-order chi connectivity index (χ1) is 16.1. The fourth-order valence-corrected chi connectivity index (χ4v) is 3.78. The number of nitrogens with zero attached hydrogens (tertiary/aromatic N) is 1. The van der Waals surface area contributed by atoms with Gasteiger partial charge in [0.1, 0.15) is 5.76 Å². The van der Waals surface area contributed by atoms with Crippen LogP contribution in [0.3, 0.4) is 0 Å². The van der Waals surface area contributed by atoms with Gasteiger partial charge in [0.15, 0.2) is 16.6 Å². The highest BCUT2D eigenvalue weighted by molar-refractivity contribution is 7.80. The van der Waals surface area contributed by atoms with E-state index in [9.17, 15) is 4.79 Å². The molecule has 4 aromatic rings. The molecule has 0 spiro atoms. The van der Waals surface area contributed by atoms with E-state index in [1.807, 2.05) is 59.5 Å². The molecule has 0 fully saturated rings. The summed E-state index contributed by atoms with van der Waals surface area (Å²) in [4.78, 5) is 17.7. The number of benzene rings is 2. The topological polar surface area (TPSA) is 79.7 Å². The van der Waals surface area contributed by atoms with E-state index in [-0.39, 0.29) is 5.56 Å². The molecule has 2 N–H and O–H groups in total. The molecule has 2 heterocycles. The lowest BCUT2D eigenvalue weighted by atomic mass is 10.1. The third-order valence-corrected chi connectivity index (χ3v) is 5.69. The van der Waals surface area contributed by atoms with Crippen LogP contribution < -0.4 is 20.3 Å². The van der Waals surface area contributed by atoms with Crippen LogP contribution in [0.5, 0.6) is 11.5 Å². The maximum Gasteiger partial charge on any atom is 0.253 e. The fraction of sp³-hybridized carbons (Fsp3) is 0.200. The zero-order valence-electron chi connectivity index (χ0n) is 18.5. The number of hydrogen-bond donors (Lipinski definition) is 2. The second-order valence-corrected chi connectivity index (χ2v) is 7.88. The predicted octanol–water partition coefficient (Wildman–Crippen LogP) is 4.22. The Morgan fingerprint density at radius 2 is 1.79 bits per heavy atom. The van der Waals surface area contributed by atoms with Gasteiger partial charge < -0.3 is 29.1 Å². The summed E-state index contributed by atoms with van der Waals surface area (Å²) in [6.07, 6.45) is 1.62. The summed E-state index contributed by atoms with van der Waals surface area (Å²) in [5, 5.41) is 4.65. The molecule has 0 aliphatic carbocycles. The molecule has 0 atom stereocenters. The van der Waals surface area contributed by atoms with Crippen LogP contribution in [0.25, 0.3) is 10.9 Å². The predicted molar refractivity (Wildman–Crippen MR) is 132 cm³/mol. The first-order valence-corrected chi connectivity index (χ1v) is 10.8. The smallest absolute Gasteiger partial charge is 0.253 e. The number of H-pyrrole nitrogens is 1. The SMILES string of the molecule is COc1cc2cc(CN(Cc3ccco3)C(=S)NCc3ccccc3)c(=O)[nH]c2cc1OC. The van der Waals surface area contributed by atoms with Gasteiger partial charge in [0.2, 0.25) is 0 Å². The van der Waals surface area contributed by atoms with Crippen molar-refractivity contribution in [1.82, 2.24) is 15.2 Å². The molecule has 2 aromatic carbocycles. The summed E-state index contributed by atoms with van der Waals surface area (Å²) in [7, 11) is 3.14. The Kier molecular flexibility index (Phi) is 6.95. The van der Waals surface area contributed by atoms with E-state index in [0.29, 0.717) is 47.3 Å². The van der Waals surface area contributed by atoms with Crippen LogP contribution in [0.2, 0.25) is 0 Å². The molecule has 0 saturated carbocycles. The number of aromatic nitrogens is 1. The Balaban J connectivity index is 1.61. The molecule has 0 bridgehead atoms. The molecular weight excluding hydrogens is 438 g/mol. The normalized spacial score (nSPS) is 10.7. The standard InChI is InChI=1S/C25H25N3O4S/c1-30-22-12-18-11-19(24(29)27-21(18)13-23(22)31-2)15-28(16-20-9-6-10-32-20)25(33)26-14-17-7-4-3-5-8-17/h3-13H,14-16H2,1-2H3,(H,26,33)(H,27,29). The van der Waals surface area contributed by atoms with Crippen molar-refractivity contribution < 1.29 is 13.9 Å². The molecule has 33 heavy (non-hydrogen) atoms. The van der Waals surface area contributed by atoms with Crippen molar-refractivity contribution in [3.63, 3.8) is 0 Å².